The van der Waals surface area contributed by atoms with Crippen LogP contribution < -0.4 is 15.4 Å². The van der Waals surface area contributed by atoms with E-state index in [1.807, 2.05) is 0 Å². The van der Waals surface area contributed by atoms with Gasteiger partial charge in [-0.05, 0) is 42.3 Å². The third kappa shape index (κ3) is 4.71. The number of halogens is 4. The molecule has 2 aromatic rings. The number of benzene rings is 2. The summed E-state index contributed by atoms with van der Waals surface area (Å²) in [5, 5.41) is 4.86. The van der Waals surface area contributed by atoms with Crippen molar-refractivity contribution in [1.82, 2.24) is 0 Å². The molecule has 2 aromatic carbocycles. The molecule has 1 aliphatic rings. The highest BCUT2D eigenvalue weighted by Gasteiger charge is 2.34. The maximum absolute atomic E-state index is 13.1. The number of anilines is 2. The Hall–Kier alpha value is -2.74. The number of carbonyl (C=O) groups excluding carboxylic acids is 2. The molecule has 0 fully saturated rings. The molecule has 1 aliphatic heterocycles. The molecular formula is C18H14ClF3N2O3. The van der Waals surface area contributed by atoms with Crippen molar-refractivity contribution in [3.05, 3.63) is 52.5 Å². The monoisotopic (exact) mass is 398 g/mol. The molecule has 0 aliphatic carbocycles. The van der Waals surface area contributed by atoms with Gasteiger partial charge < -0.3 is 15.4 Å². The first-order chi connectivity index (χ1) is 12.7. The summed E-state index contributed by atoms with van der Waals surface area (Å²) in [4.78, 5) is 23.4. The lowest BCUT2D eigenvalue weighted by Gasteiger charge is -2.18. The second kappa shape index (κ2) is 7.48. The Labute approximate surface area is 157 Å². The fourth-order valence-electron chi connectivity index (χ4n) is 2.62. The van der Waals surface area contributed by atoms with Crippen molar-refractivity contribution >= 4 is 34.8 Å². The van der Waals surface area contributed by atoms with E-state index < -0.39 is 17.6 Å². The molecule has 142 valence electrons. The van der Waals surface area contributed by atoms with Crippen LogP contribution in [0.15, 0.2) is 36.4 Å². The van der Waals surface area contributed by atoms with Crippen LogP contribution in [0.2, 0.25) is 5.02 Å². The zero-order valence-electron chi connectivity index (χ0n) is 13.8. The molecule has 0 unspecified atom stereocenters. The van der Waals surface area contributed by atoms with Crippen molar-refractivity contribution < 1.29 is 27.5 Å². The van der Waals surface area contributed by atoms with Gasteiger partial charge in [0.25, 0.3) is 5.91 Å². The summed E-state index contributed by atoms with van der Waals surface area (Å²) < 4.78 is 44.4. The lowest BCUT2D eigenvalue weighted by molar-refractivity contribution is -0.137. The molecule has 0 spiro atoms. The van der Waals surface area contributed by atoms with Crippen molar-refractivity contribution in [2.45, 2.75) is 19.0 Å². The van der Waals surface area contributed by atoms with Gasteiger partial charge >= 0.3 is 6.18 Å². The summed E-state index contributed by atoms with van der Waals surface area (Å²) in [6.07, 6.45) is -4.39. The van der Waals surface area contributed by atoms with Gasteiger partial charge in [0.15, 0.2) is 6.61 Å². The number of hydrogen-bond donors (Lipinski definition) is 2. The summed E-state index contributed by atoms with van der Waals surface area (Å²) in [5.41, 5.74) is -0.108. The van der Waals surface area contributed by atoms with E-state index in [0.29, 0.717) is 11.4 Å². The molecule has 2 amide bonds. The van der Waals surface area contributed by atoms with Gasteiger partial charge in [0.1, 0.15) is 5.75 Å². The molecule has 0 aromatic heterocycles. The van der Waals surface area contributed by atoms with E-state index in [4.69, 9.17) is 16.3 Å². The number of nitrogens with one attached hydrogen (secondary N) is 2. The first-order valence-electron chi connectivity index (χ1n) is 7.94. The maximum Gasteiger partial charge on any atom is 0.418 e. The van der Waals surface area contributed by atoms with E-state index in [-0.39, 0.29) is 36.1 Å². The van der Waals surface area contributed by atoms with Crippen LogP contribution in [0.5, 0.6) is 5.75 Å². The summed E-state index contributed by atoms with van der Waals surface area (Å²) in [6, 6.07) is 8.23. The van der Waals surface area contributed by atoms with Gasteiger partial charge in [-0.15, -0.1) is 0 Å². The predicted molar refractivity (Wildman–Crippen MR) is 94.0 cm³/mol. The SMILES string of the molecule is O=C1COc2ccc(CCC(=O)Nc3ccc(Cl)cc3C(F)(F)F)cc2N1. The molecule has 0 atom stereocenters. The average Bonchev–Trinajstić information content (AvgIpc) is 2.60. The van der Waals surface area contributed by atoms with Crippen LogP contribution in [0.3, 0.4) is 0 Å². The summed E-state index contributed by atoms with van der Waals surface area (Å²) in [5.74, 6) is -0.320. The normalized spacial score (nSPS) is 13.4. The second-order valence-electron chi connectivity index (χ2n) is 5.90. The highest BCUT2D eigenvalue weighted by atomic mass is 35.5. The van der Waals surface area contributed by atoms with Crippen LogP contribution >= 0.6 is 11.6 Å². The standard InChI is InChI=1S/C18H14ClF3N2O3/c19-11-3-4-13(12(8-11)18(20,21)22)23-16(25)6-2-10-1-5-15-14(7-10)24-17(26)9-27-15/h1,3-5,7-8H,2,6,9H2,(H,23,25)(H,24,26). The molecule has 2 N–H and O–H groups in total. The minimum Gasteiger partial charge on any atom is -0.482 e. The van der Waals surface area contributed by atoms with Crippen LogP contribution in [0.25, 0.3) is 0 Å². The molecule has 9 heteroatoms. The van der Waals surface area contributed by atoms with Crippen molar-refractivity contribution in [3.8, 4) is 5.75 Å². The van der Waals surface area contributed by atoms with Gasteiger partial charge in [0.05, 0.1) is 16.9 Å². The topological polar surface area (TPSA) is 67.4 Å². The lowest BCUT2D eigenvalue weighted by Crippen LogP contribution is -2.25. The highest BCUT2D eigenvalue weighted by molar-refractivity contribution is 6.30. The highest BCUT2D eigenvalue weighted by Crippen LogP contribution is 2.36. The van der Waals surface area contributed by atoms with Gasteiger partial charge in [0.2, 0.25) is 5.91 Å². The Balaban J connectivity index is 1.66. The number of fused-ring (bicyclic) bond motifs is 1. The summed E-state index contributed by atoms with van der Waals surface area (Å²) in [6.45, 7) is -0.0582. The van der Waals surface area contributed by atoms with E-state index >= 15 is 0 Å². The number of alkyl halides is 3. The Bertz CT molecular complexity index is 900. The average molecular weight is 399 g/mol. The van der Waals surface area contributed by atoms with Crippen molar-refractivity contribution in [2.24, 2.45) is 0 Å². The Kier molecular flexibility index (Phi) is 5.27. The largest absolute Gasteiger partial charge is 0.482 e. The van der Waals surface area contributed by atoms with E-state index in [1.54, 1.807) is 18.2 Å². The number of hydrogen-bond acceptors (Lipinski definition) is 3. The fourth-order valence-corrected chi connectivity index (χ4v) is 2.79. The van der Waals surface area contributed by atoms with E-state index in [9.17, 15) is 22.8 Å². The molecule has 5 nitrogen and oxygen atoms in total. The molecular weight excluding hydrogens is 385 g/mol. The first-order valence-corrected chi connectivity index (χ1v) is 8.32. The van der Waals surface area contributed by atoms with Gasteiger partial charge in [-0.3, -0.25) is 9.59 Å². The predicted octanol–water partition coefficient (Wildman–Crippen LogP) is 4.26. The summed E-state index contributed by atoms with van der Waals surface area (Å²) in [7, 11) is 0. The Morgan fingerprint density at radius 2 is 2.00 bits per heavy atom. The van der Waals surface area contributed by atoms with Crippen LogP contribution in [0, 0.1) is 0 Å². The Morgan fingerprint density at radius 3 is 2.74 bits per heavy atom. The van der Waals surface area contributed by atoms with Gasteiger partial charge in [-0.25, -0.2) is 0 Å². The van der Waals surface area contributed by atoms with Gasteiger partial charge in [-0.1, -0.05) is 17.7 Å². The molecule has 0 bridgehead atoms. The minimum atomic E-state index is -4.63. The fraction of sp³-hybridized carbons (Fsp3) is 0.222. The summed E-state index contributed by atoms with van der Waals surface area (Å²) >= 11 is 5.62. The first kappa shape index (κ1) is 19.0. The van der Waals surface area contributed by atoms with Crippen LogP contribution in [0.4, 0.5) is 24.5 Å². The van der Waals surface area contributed by atoms with Crippen LogP contribution in [-0.4, -0.2) is 18.4 Å². The van der Waals surface area contributed by atoms with Crippen molar-refractivity contribution in [3.63, 3.8) is 0 Å². The quantitative estimate of drug-likeness (QED) is 0.808. The number of ether oxygens (including phenoxy) is 1. The number of aryl methyl sites for hydroxylation is 1. The zero-order chi connectivity index (χ0) is 19.6. The molecule has 0 saturated heterocycles. The van der Waals surface area contributed by atoms with Crippen LogP contribution in [-0.2, 0) is 22.2 Å². The van der Waals surface area contributed by atoms with Gasteiger partial charge in [0, 0.05) is 11.4 Å². The third-order valence-electron chi connectivity index (χ3n) is 3.88. The van der Waals surface area contributed by atoms with Crippen molar-refractivity contribution in [1.29, 1.82) is 0 Å². The van der Waals surface area contributed by atoms with E-state index in [0.717, 1.165) is 17.7 Å². The number of amides is 2. The van der Waals surface area contributed by atoms with Crippen LogP contribution in [0.1, 0.15) is 17.5 Å². The lowest BCUT2D eigenvalue weighted by atomic mass is 10.1. The smallest absolute Gasteiger partial charge is 0.418 e. The molecule has 27 heavy (non-hydrogen) atoms. The van der Waals surface area contributed by atoms with E-state index in [2.05, 4.69) is 10.6 Å². The number of carbonyl (C=O) groups is 2. The van der Waals surface area contributed by atoms with E-state index in [1.165, 1.54) is 6.07 Å². The van der Waals surface area contributed by atoms with Crippen molar-refractivity contribution in [2.75, 3.05) is 17.2 Å². The molecule has 3 rings (SSSR count). The Morgan fingerprint density at radius 1 is 1.22 bits per heavy atom. The molecule has 0 saturated carbocycles. The van der Waals surface area contributed by atoms with Gasteiger partial charge in [-0.2, -0.15) is 13.2 Å². The number of rotatable bonds is 4. The molecule has 1 heterocycles. The molecule has 0 radical (unpaired) electrons. The zero-order valence-corrected chi connectivity index (χ0v) is 14.6. The minimum absolute atomic E-state index is 0.0342. The third-order valence-corrected chi connectivity index (χ3v) is 4.11. The second-order valence-corrected chi connectivity index (χ2v) is 6.34. The maximum atomic E-state index is 13.1.